The summed E-state index contributed by atoms with van der Waals surface area (Å²) in [5, 5.41) is 3.79. The van der Waals surface area contributed by atoms with Gasteiger partial charge in [-0.25, -0.2) is 0 Å². The molecule has 0 saturated heterocycles. The van der Waals surface area contributed by atoms with E-state index in [4.69, 9.17) is 17.3 Å². The number of carbonyl (C=O) groups excluding carboxylic acids is 1. The van der Waals surface area contributed by atoms with Crippen LogP contribution in [0.25, 0.3) is 0 Å². The van der Waals surface area contributed by atoms with Crippen molar-refractivity contribution in [1.29, 1.82) is 0 Å². The number of nitrogens with one attached hydrogen (secondary N) is 1. The van der Waals surface area contributed by atoms with Crippen molar-refractivity contribution >= 4 is 17.5 Å². The molecule has 3 N–H and O–H groups in total. The first-order chi connectivity index (χ1) is 10.6. The van der Waals surface area contributed by atoms with E-state index in [2.05, 4.69) is 11.4 Å². The van der Waals surface area contributed by atoms with Gasteiger partial charge in [-0.1, -0.05) is 35.9 Å². The zero-order valence-electron chi connectivity index (χ0n) is 12.3. The van der Waals surface area contributed by atoms with Crippen LogP contribution in [0.15, 0.2) is 48.5 Å². The van der Waals surface area contributed by atoms with Crippen LogP contribution in [0.1, 0.15) is 34.3 Å². The van der Waals surface area contributed by atoms with E-state index in [9.17, 15) is 4.79 Å². The molecule has 1 amide bonds. The van der Waals surface area contributed by atoms with Crippen molar-refractivity contribution in [1.82, 2.24) is 5.32 Å². The number of nitrogens with two attached hydrogens (primary N) is 1. The van der Waals surface area contributed by atoms with Gasteiger partial charge in [-0.3, -0.25) is 4.79 Å². The number of hydrogen-bond acceptors (Lipinski definition) is 2. The molecule has 0 radical (unpaired) electrons. The molecule has 2 aromatic rings. The molecular formula is C18H19ClN2O. The molecule has 0 unspecified atom stereocenters. The Morgan fingerprint density at radius 3 is 2.50 bits per heavy atom. The van der Waals surface area contributed by atoms with Crippen LogP contribution in [0.3, 0.4) is 0 Å². The highest BCUT2D eigenvalue weighted by molar-refractivity contribution is 6.30. The number of carbonyl (C=O) groups is 1. The van der Waals surface area contributed by atoms with E-state index in [1.54, 1.807) is 0 Å². The fourth-order valence-corrected chi connectivity index (χ4v) is 2.87. The van der Waals surface area contributed by atoms with Crippen LogP contribution in [0.5, 0.6) is 0 Å². The third-order valence-corrected chi connectivity index (χ3v) is 4.56. The average molecular weight is 315 g/mol. The van der Waals surface area contributed by atoms with Gasteiger partial charge in [-0.05, 0) is 48.2 Å². The third kappa shape index (κ3) is 3.16. The second-order valence-corrected chi connectivity index (χ2v) is 6.31. The molecule has 0 bridgehead atoms. The number of halogens is 1. The van der Waals surface area contributed by atoms with Crippen molar-refractivity contribution in [3.8, 4) is 0 Å². The van der Waals surface area contributed by atoms with Gasteiger partial charge < -0.3 is 11.1 Å². The highest BCUT2D eigenvalue weighted by Crippen LogP contribution is 2.48. The molecule has 22 heavy (non-hydrogen) atoms. The van der Waals surface area contributed by atoms with Gasteiger partial charge >= 0.3 is 0 Å². The smallest absolute Gasteiger partial charge is 0.251 e. The maximum atomic E-state index is 12.2. The maximum Gasteiger partial charge on any atom is 0.251 e. The Morgan fingerprint density at radius 1 is 1.18 bits per heavy atom. The molecule has 1 saturated carbocycles. The van der Waals surface area contributed by atoms with Gasteiger partial charge in [0.1, 0.15) is 0 Å². The Balaban J connectivity index is 1.65. The maximum absolute atomic E-state index is 12.2. The fourth-order valence-electron chi connectivity index (χ4n) is 2.68. The Labute approximate surface area is 135 Å². The first-order valence-electron chi connectivity index (χ1n) is 7.46. The molecule has 114 valence electrons. The minimum atomic E-state index is -0.0446. The standard InChI is InChI=1S/C18H19ClN2O/c19-16-3-1-2-15(10-16)18(8-9-18)12-21-17(22)14-6-4-13(11-20)5-7-14/h1-7,10H,8-9,11-12,20H2,(H,21,22). The first kappa shape index (κ1) is 15.1. The van der Waals surface area contributed by atoms with Gasteiger partial charge in [0.2, 0.25) is 0 Å². The van der Waals surface area contributed by atoms with Crippen molar-refractivity contribution in [3.63, 3.8) is 0 Å². The number of rotatable bonds is 5. The second kappa shape index (κ2) is 6.11. The Morgan fingerprint density at radius 2 is 1.91 bits per heavy atom. The lowest BCUT2D eigenvalue weighted by molar-refractivity contribution is 0.0949. The monoisotopic (exact) mass is 314 g/mol. The fraction of sp³-hybridized carbons (Fsp3) is 0.278. The van der Waals surface area contributed by atoms with Gasteiger partial charge in [-0.2, -0.15) is 0 Å². The SMILES string of the molecule is NCc1ccc(C(=O)NCC2(c3cccc(Cl)c3)CC2)cc1. The summed E-state index contributed by atoms with van der Waals surface area (Å²) in [6, 6.07) is 15.3. The summed E-state index contributed by atoms with van der Waals surface area (Å²) >= 11 is 6.07. The summed E-state index contributed by atoms with van der Waals surface area (Å²) in [6.07, 6.45) is 2.17. The quantitative estimate of drug-likeness (QED) is 0.890. The van der Waals surface area contributed by atoms with E-state index in [0.717, 1.165) is 23.4 Å². The third-order valence-electron chi connectivity index (χ3n) is 4.33. The van der Waals surface area contributed by atoms with E-state index in [1.807, 2.05) is 42.5 Å². The summed E-state index contributed by atoms with van der Waals surface area (Å²) in [4.78, 5) is 12.2. The predicted octanol–water partition coefficient (Wildman–Crippen LogP) is 3.26. The zero-order chi connectivity index (χ0) is 15.6. The minimum Gasteiger partial charge on any atom is -0.351 e. The Bertz CT molecular complexity index is 678. The molecule has 0 spiro atoms. The highest BCUT2D eigenvalue weighted by atomic mass is 35.5. The average Bonchev–Trinajstić information content (AvgIpc) is 3.34. The molecule has 3 nitrogen and oxygen atoms in total. The van der Waals surface area contributed by atoms with Crippen molar-refractivity contribution in [2.24, 2.45) is 5.73 Å². The van der Waals surface area contributed by atoms with Crippen LogP contribution in [0, 0.1) is 0 Å². The number of benzene rings is 2. The normalized spacial score (nSPS) is 15.4. The van der Waals surface area contributed by atoms with Crippen molar-refractivity contribution in [3.05, 3.63) is 70.2 Å². The largest absolute Gasteiger partial charge is 0.351 e. The summed E-state index contributed by atoms with van der Waals surface area (Å²) in [6.45, 7) is 1.13. The lowest BCUT2D eigenvalue weighted by Crippen LogP contribution is -2.32. The van der Waals surface area contributed by atoms with Crippen LogP contribution in [-0.2, 0) is 12.0 Å². The second-order valence-electron chi connectivity index (χ2n) is 5.87. The van der Waals surface area contributed by atoms with E-state index >= 15 is 0 Å². The van der Waals surface area contributed by atoms with Gasteiger partial charge in [0, 0.05) is 29.1 Å². The van der Waals surface area contributed by atoms with Gasteiger partial charge in [0.25, 0.3) is 5.91 Å². The molecule has 0 aliphatic heterocycles. The number of hydrogen-bond donors (Lipinski definition) is 2. The van der Waals surface area contributed by atoms with Gasteiger partial charge in [0.05, 0.1) is 0 Å². The van der Waals surface area contributed by atoms with E-state index in [1.165, 1.54) is 5.56 Å². The van der Waals surface area contributed by atoms with Crippen LogP contribution >= 0.6 is 11.6 Å². The van der Waals surface area contributed by atoms with Gasteiger partial charge in [0.15, 0.2) is 0 Å². The summed E-state index contributed by atoms with van der Waals surface area (Å²) in [5.41, 5.74) is 8.51. The van der Waals surface area contributed by atoms with E-state index in [0.29, 0.717) is 18.7 Å². The molecule has 1 aliphatic carbocycles. The predicted molar refractivity (Wildman–Crippen MR) is 89.0 cm³/mol. The number of amides is 1. The van der Waals surface area contributed by atoms with E-state index in [-0.39, 0.29) is 11.3 Å². The molecule has 0 heterocycles. The molecular weight excluding hydrogens is 296 g/mol. The van der Waals surface area contributed by atoms with Crippen LogP contribution in [0.4, 0.5) is 0 Å². The van der Waals surface area contributed by atoms with Crippen molar-refractivity contribution < 1.29 is 4.79 Å². The summed E-state index contributed by atoms with van der Waals surface area (Å²) in [7, 11) is 0. The molecule has 1 aliphatic rings. The first-order valence-corrected chi connectivity index (χ1v) is 7.84. The molecule has 3 rings (SSSR count). The Kier molecular flexibility index (Phi) is 4.19. The van der Waals surface area contributed by atoms with Crippen molar-refractivity contribution in [2.45, 2.75) is 24.8 Å². The Hall–Kier alpha value is -1.84. The van der Waals surface area contributed by atoms with E-state index < -0.39 is 0 Å². The van der Waals surface area contributed by atoms with Crippen LogP contribution < -0.4 is 11.1 Å². The molecule has 0 aromatic heterocycles. The molecule has 2 aromatic carbocycles. The topological polar surface area (TPSA) is 55.1 Å². The lowest BCUT2D eigenvalue weighted by atomic mass is 9.96. The van der Waals surface area contributed by atoms with Crippen molar-refractivity contribution in [2.75, 3.05) is 6.54 Å². The lowest BCUT2D eigenvalue weighted by Gasteiger charge is -2.17. The molecule has 1 fully saturated rings. The minimum absolute atomic E-state index is 0.0446. The van der Waals surface area contributed by atoms with Crippen LogP contribution in [-0.4, -0.2) is 12.5 Å². The summed E-state index contributed by atoms with van der Waals surface area (Å²) < 4.78 is 0. The molecule has 4 heteroatoms. The highest BCUT2D eigenvalue weighted by Gasteiger charge is 2.44. The molecule has 0 atom stereocenters. The zero-order valence-corrected chi connectivity index (χ0v) is 13.1. The van der Waals surface area contributed by atoms with Crippen LogP contribution in [0.2, 0.25) is 5.02 Å². The van der Waals surface area contributed by atoms with Gasteiger partial charge in [-0.15, -0.1) is 0 Å². The summed E-state index contributed by atoms with van der Waals surface area (Å²) in [5.74, 6) is -0.0446.